The third kappa shape index (κ3) is 5.49. The van der Waals surface area contributed by atoms with Crippen molar-refractivity contribution in [3.8, 4) is 0 Å². The zero-order valence-corrected chi connectivity index (χ0v) is 12.3. The van der Waals surface area contributed by atoms with E-state index in [0.717, 1.165) is 25.7 Å². The van der Waals surface area contributed by atoms with Crippen molar-refractivity contribution in [1.29, 1.82) is 0 Å². The molecule has 0 atom stereocenters. The minimum absolute atomic E-state index is 0.0111. The lowest BCUT2D eigenvalue weighted by molar-refractivity contribution is -0.125. The van der Waals surface area contributed by atoms with Crippen LogP contribution in [0.3, 0.4) is 0 Å². The monoisotopic (exact) mass is 270 g/mol. The number of unbranched alkanes of at least 4 members (excludes halogenated alkanes) is 1. The molecule has 19 heavy (non-hydrogen) atoms. The molecule has 110 valence electrons. The zero-order valence-electron chi connectivity index (χ0n) is 12.3. The summed E-state index contributed by atoms with van der Waals surface area (Å²) >= 11 is 0. The van der Waals surface area contributed by atoms with Gasteiger partial charge in [0.25, 0.3) is 0 Å². The summed E-state index contributed by atoms with van der Waals surface area (Å²) < 4.78 is 5.18. The van der Waals surface area contributed by atoms with Gasteiger partial charge in [0.05, 0.1) is 6.61 Å². The Labute approximate surface area is 115 Å². The lowest BCUT2D eigenvalue weighted by atomic mass is 10.0. The highest BCUT2D eigenvalue weighted by atomic mass is 16.6. The second-order valence-corrected chi connectivity index (χ2v) is 5.39. The van der Waals surface area contributed by atoms with Gasteiger partial charge in [-0.1, -0.05) is 27.2 Å². The lowest BCUT2D eigenvalue weighted by Gasteiger charge is -2.32. The van der Waals surface area contributed by atoms with Crippen LogP contribution in [0, 0.1) is 5.92 Å². The topological polar surface area (TPSA) is 58.6 Å². The van der Waals surface area contributed by atoms with E-state index < -0.39 is 0 Å². The van der Waals surface area contributed by atoms with Gasteiger partial charge in [0.15, 0.2) is 0 Å². The molecule has 0 spiro atoms. The fourth-order valence-electron chi connectivity index (χ4n) is 1.97. The van der Waals surface area contributed by atoms with Gasteiger partial charge in [0, 0.05) is 25.0 Å². The molecule has 0 aromatic heterocycles. The summed E-state index contributed by atoms with van der Waals surface area (Å²) in [4.78, 5) is 25.0. The van der Waals surface area contributed by atoms with Gasteiger partial charge in [-0.15, -0.1) is 0 Å². The van der Waals surface area contributed by atoms with Gasteiger partial charge in [0.1, 0.15) is 0 Å². The van der Waals surface area contributed by atoms with Crippen molar-refractivity contribution in [3.63, 3.8) is 0 Å². The predicted octanol–water partition coefficient (Wildman–Crippen LogP) is 2.16. The molecule has 1 rings (SSSR count). The van der Waals surface area contributed by atoms with E-state index in [-0.39, 0.29) is 24.0 Å². The van der Waals surface area contributed by atoms with Crippen LogP contribution in [-0.2, 0) is 9.53 Å². The average Bonchev–Trinajstić information content (AvgIpc) is 2.39. The van der Waals surface area contributed by atoms with Gasteiger partial charge in [-0.2, -0.15) is 0 Å². The molecule has 5 heteroatoms. The molecule has 1 aliphatic heterocycles. The molecule has 2 amide bonds. The van der Waals surface area contributed by atoms with Crippen LogP contribution in [0.1, 0.15) is 46.5 Å². The minimum Gasteiger partial charge on any atom is -0.449 e. The molecule has 0 aromatic carbocycles. The summed E-state index contributed by atoms with van der Waals surface area (Å²) in [6, 6.07) is 0.189. The zero-order chi connectivity index (χ0) is 14.3. The van der Waals surface area contributed by atoms with Crippen molar-refractivity contribution >= 4 is 12.0 Å². The van der Waals surface area contributed by atoms with E-state index in [1.165, 1.54) is 0 Å². The van der Waals surface area contributed by atoms with Crippen LogP contribution in [0.15, 0.2) is 0 Å². The molecule has 0 radical (unpaired) electrons. The molecule has 0 unspecified atom stereocenters. The van der Waals surface area contributed by atoms with Crippen molar-refractivity contribution in [1.82, 2.24) is 10.2 Å². The predicted molar refractivity (Wildman–Crippen MR) is 73.8 cm³/mol. The molecule has 0 bridgehead atoms. The van der Waals surface area contributed by atoms with Crippen LogP contribution < -0.4 is 5.32 Å². The highest BCUT2D eigenvalue weighted by Crippen LogP contribution is 2.12. The smallest absolute Gasteiger partial charge is 0.409 e. The summed E-state index contributed by atoms with van der Waals surface area (Å²) in [5.41, 5.74) is 0. The minimum atomic E-state index is -0.220. The summed E-state index contributed by atoms with van der Waals surface area (Å²) in [6.45, 7) is 7.66. The van der Waals surface area contributed by atoms with E-state index >= 15 is 0 Å². The van der Waals surface area contributed by atoms with Gasteiger partial charge in [-0.05, 0) is 19.3 Å². The fraction of sp³-hybridized carbons (Fsp3) is 0.857. The molecule has 1 saturated heterocycles. The van der Waals surface area contributed by atoms with Gasteiger partial charge >= 0.3 is 6.09 Å². The number of hydrogen-bond donors (Lipinski definition) is 1. The first-order chi connectivity index (χ1) is 9.04. The molecule has 1 aliphatic rings. The van der Waals surface area contributed by atoms with Crippen LogP contribution in [-0.4, -0.2) is 42.6 Å². The number of rotatable bonds is 5. The Morgan fingerprint density at radius 3 is 2.47 bits per heavy atom. The molecule has 0 aliphatic carbocycles. The standard InChI is InChI=1S/C14H26N2O3/c1-4-5-10-19-14(18)16-8-6-12(7-9-16)15-13(17)11(2)3/h11-12H,4-10H2,1-3H3,(H,15,17). The summed E-state index contributed by atoms with van der Waals surface area (Å²) in [5.74, 6) is 0.0982. The summed E-state index contributed by atoms with van der Waals surface area (Å²) in [5, 5.41) is 3.01. The van der Waals surface area contributed by atoms with Crippen LogP contribution in [0.25, 0.3) is 0 Å². The molecule has 1 N–H and O–H groups in total. The third-order valence-electron chi connectivity index (χ3n) is 3.35. The second-order valence-electron chi connectivity index (χ2n) is 5.39. The van der Waals surface area contributed by atoms with Gasteiger partial charge < -0.3 is 15.0 Å². The quantitative estimate of drug-likeness (QED) is 0.779. The molecule has 0 saturated carbocycles. The van der Waals surface area contributed by atoms with Crippen LogP contribution in [0.5, 0.6) is 0 Å². The van der Waals surface area contributed by atoms with E-state index in [9.17, 15) is 9.59 Å². The average molecular weight is 270 g/mol. The maximum Gasteiger partial charge on any atom is 0.409 e. The highest BCUT2D eigenvalue weighted by molar-refractivity contribution is 5.78. The Kier molecular flexibility index (Phi) is 6.67. The van der Waals surface area contributed by atoms with Crippen molar-refractivity contribution in [2.24, 2.45) is 5.92 Å². The normalized spacial score (nSPS) is 16.5. The Hall–Kier alpha value is -1.26. The van der Waals surface area contributed by atoms with Crippen LogP contribution in [0.2, 0.25) is 0 Å². The lowest BCUT2D eigenvalue weighted by Crippen LogP contribution is -2.47. The number of nitrogens with zero attached hydrogens (tertiary/aromatic N) is 1. The maximum atomic E-state index is 11.7. The number of carbonyl (C=O) groups excluding carboxylic acids is 2. The highest BCUT2D eigenvalue weighted by Gasteiger charge is 2.25. The molecule has 1 fully saturated rings. The fourth-order valence-corrected chi connectivity index (χ4v) is 1.97. The van der Waals surface area contributed by atoms with Crippen LogP contribution >= 0.6 is 0 Å². The SMILES string of the molecule is CCCCOC(=O)N1CCC(NC(=O)C(C)C)CC1. The van der Waals surface area contributed by atoms with Crippen molar-refractivity contribution in [2.75, 3.05) is 19.7 Å². The number of ether oxygens (including phenoxy) is 1. The Bertz CT molecular complexity index is 297. The van der Waals surface area contributed by atoms with Gasteiger partial charge in [0.2, 0.25) is 5.91 Å². The van der Waals surface area contributed by atoms with Gasteiger partial charge in [-0.25, -0.2) is 4.79 Å². The van der Waals surface area contributed by atoms with Crippen molar-refractivity contribution in [3.05, 3.63) is 0 Å². The van der Waals surface area contributed by atoms with E-state index in [1.807, 2.05) is 13.8 Å². The summed E-state index contributed by atoms with van der Waals surface area (Å²) in [6.07, 6.45) is 3.33. The van der Waals surface area contributed by atoms with E-state index in [1.54, 1.807) is 4.90 Å². The second kappa shape index (κ2) is 8.02. The van der Waals surface area contributed by atoms with Crippen molar-refractivity contribution in [2.45, 2.75) is 52.5 Å². The molecular weight excluding hydrogens is 244 g/mol. The molecule has 5 nitrogen and oxygen atoms in total. The molecule has 0 aromatic rings. The van der Waals surface area contributed by atoms with Crippen molar-refractivity contribution < 1.29 is 14.3 Å². The number of likely N-dealkylation sites (tertiary alicyclic amines) is 1. The van der Waals surface area contributed by atoms with E-state index in [2.05, 4.69) is 12.2 Å². The first kappa shape index (κ1) is 15.8. The molecule has 1 heterocycles. The first-order valence-corrected chi connectivity index (χ1v) is 7.26. The Balaban J connectivity index is 2.24. The summed E-state index contributed by atoms with van der Waals surface area (Å²) in [7, 11) is 0. The molecular formula is C14H26N2O3. The Morgan fingerprint density at radius 2 is 1.95 bits per heavy atom. The number of nitrogens with one attached hydrogen (secondary N) is 1. The van der Waals surface area contributed by atoms with E-state index in [0.29, 0.717) is 19.7 Å². The third-order valence-corrected chi connectivity index (χ3v) is 3.35. The number of piperidine rings is 1. The number of carbonyl (C=O) groups is 2. The first-order valence-electron chi connectivity index (χ1n) is 7.26. The maximum absolute atomic E-state index is 11.7. The number of amides is 2. The van der Waals surface area contributed by atoms with Crippen LogP contribution in [0.4, 0.5) is 4.79 Å². The Morgan fingerprint density at radius 1 is 1.32 bits per heavy atom. The van der Waals surface area contributed by atoms with Gasteiger partial charge in [-0.3, -0.25) is 4.79 Å². The van der Waals surface area contributed by atoms with E-state index in [4.69, 9.17) is 4.74 Å². The number of hydrogen-bond acceptors (Lipinski definition) is 3. The largest absolute Gasteiger partial charge is 0.449 e.